The third-order valence-electron chi connectivity index (χ3n) is 4.89. The van der Waals surface area contributed by atoms with Crippen molar-refractivity contribution in [3.8, 4) is 0 Å². The molecule has 5 aliphatic rings. The smallest absolute Gasteiger partial charge is 0.396 e. The van der Waals surface area contributed by atoms with Crippen LogP contribution in [0.4, 0.5) is 0 Å². The van der Waals surface area contributed by atoms with Crippen LogP contribution in [0.5, 0.6) is 0 Å². The number of epoxide rings is 1. The molecule has 1 aliphatic carbocycles. The van der Waals surface area contributed by atoms with Gasteiger partial charge in [-0.05, 0) is 12.8 Å². The molecule has 0 N–H and O–H groups in total. The van der Waals surface area contributed by atoms with Crippen LogP contribution in [0, 0.1) is 17.8 Å². The van der Waals surface area contributed by atoms with Crippen LogP contribution < -0.4 is 0 Å². The molecule has 2 unspecified atom stereocenters. The molecule has 13 heavy (non-hydrogen) atoms. The van der Waals surface area contributed by atoms with E-state index in [-0.39, 0.29) is 0 Å². The van der Waals surface area contributed by atoms with Crippen LogP contribution in [-0.2, 0) is 4.74 Å². The monoisotopic (exact) mass is 176 g/mol. The van der Waals surface area contributed by atoms with E-state index >= 15 is 0 Å². The molecule has 0 aromatic rings. The molecule has 4 saturated heterocycles. The molecule has 0 aromatic carbocycles. The zero-order valence-corrected chi connectivity index (χ0v) is 7.91. The van der Waals surface area contributed by atoms with Crippen molar-refractivity contribution < 1.29 is 9.13 Å². The van der Waals surface area contributed by atoms with Crippen molar-refractivity contribution in [1.82, 2.24) is 0 Å². The van der Waals surface area contributed by atoms with Crippen LogP contribution in [0.15, 0.2) is 0 Å². The number of hydrogen-bond donors (Lipinski definition) is 0. The molecule has 2 atom stereocenters. The van der Waals surface area contributed by atoms with E-state index in [0.29, 0.717) is 5.60 Å². The van der Waals surface area contributed by atoms with Gasteiger partial charge in [0.1, 0.15) is 5.60 Å². The Morgan fingerprint density at radius 3 is 2.23 bits per heavy atom. The minimum absolute atomic E-state index is 0.331. The molecule has 4 bridgehead atoms. The maximum atomic E-state index is 6.35. The molecule has 1 saturated carbocycles. The molecule has 2 radical (unpaired) electrons. The highest BCUT2D eigenvalue weighted by molar-refractivity contribution is 5.97. The second-order valence-corrected chi connectivity index (χ2v) is 5.74. The number of nitrogens with zero attached hydrogens (tertiary/aromatic N) is 1. The van der Waals surface area contributed by atoms with Crippen molar-refractivity contribution in [2.75, 3.05) is 26.2 Å². The lowest BCUT2D eigenvalue weighted by molar-refractivity contribution is -0.852. The Bertz CT molecular complexity index is 258. The van der Waals surface area contributed by atoms with Gasteiger partial charge in [0.2, 0.25) is 0 Å². The first-order chi connectivity index (χ1) is 6.20. The summed E-state index contributed by atoms with van der Waals surface area (Å²) >= 11 is 0. The summed E-state index contributed by atoms with van der Waals surface area (Å²) in [5.41, 5.74) is 0.331. The largest absolute Gasteiger partial charge is 0.481 e. The summed E-state index contributed by atoms with van der Waals surface area (Å²) < 4.78 is 6.62. The van der Waals surface area contributed by atoms with Crippen LogP contribution >= 0.6 is 0 Å². The quantitative estimate of drug-likeness (QED) is 0.382. The van der Waals surface area contributed by atoms with E-state index in [1.165, 1.54) is 32.5 Å². The fourth-order valence-corrected chi connectivity index (χ4v) is 4.41. The summed E-state index contributed by atoms with van der Waals surface area (Å²) in [7, 11) is 6.35. The molecular weight excluding hydrogens is 161 g/mol. The van der Waals surface area contributed by atoms with E-state index in [0.717, 1.165) is 28.8 Å². The standard InChI is InChI=1S/C10H15BNO/c11-12-3-7-1-8(4-12)10(6-13-10)9(2-7)5-12/h7-9H,1-6H2/q+1. The first-order valence-electron chi connectivity index (χ1n) is 5.49. The van der Waals surface area contributed by atoms with Gasteiger partial charge in [0.25, 0.3) is 0 Å². The molecule has 2 nitrogen and oxygen atoms in total. The second kappa shape index (κ2) is 1.85. The van der Waals surface area contributed by atoms with Gasteiger partial charge in [-0.1, -0.05) is 0 Å². The summed E-state index contributed by atoms with van der Waals surface area (Å²) in [5.74, 6) is 2.50. The van der Waals surface area contributed by atoms with E-state index in [1.54, 1.807) is 0 Å². The topological polar surface area (TPSA) is 12.5 Å². The lowest BCUT2D eigenvalue weighted by Crippen LogP contribution is -2.70. The Morgan fingerprint density at radius 1 is 1.15 bits per heavy atom. The Balaban J connectivity index is 1.79. The number of piperidine rings is 3. The highest BCUT2D eigenvalue weighted by Gasteiger charge is 2.68. The molecule has 0 aromatic heterocycles. The molecule has 5 rings (SSSR count). The molecule has 5 fully saturated rings. The van der Waals surface area contributed by atoms with Crippen LogP contribution in [0.3, 0.4) is 0 Å². The Morgan fingerprint density at radius 2 is 1.77 bits per heavy atom. The average Bonchev–Trinajstić information content (AvgIpc) is 2.77. The second-order valence-electron chi connectivity index (χ2n) is 5.74. The van der Waals surface area contributed by atoms with Gasteiger partial charge in [-0.3, -0.25) is 0 Å². The van der Waals surface area contributed by atoms with Crippen LogP contribution in [0.25, 0.3) is 0 Å². The van der Waals surface area contributed by atoms with E-state index in [1.807, 2.05) is 0 Å². The number of ether oxygens (including phenoxy) is 1. The van der Waals surface area contributed by atoms with Gasteiger partial charge in [-0.25, -0.2) is 0 Å². The molecule has 0 amide bonds. The molecule has 1 spiro atoms. The summed E-state index contributed by atoms with van der Waals surface area (Å²) in [6, 6.07) is 0. The van der Waals surface area contributed by atoms with Crippen molar-refractivity contribution in [3.05, 3.63) is 0 Å². The molecule has 68 valence electrons. The van der Waals surface area contributed by atoms with Crippen molar-refractivity contribution in [2.45, 2.75) is 18.4 Å². The van der Waals surface area contributed by atoms with Gasteiger partial charge < -0.3 is 9.13 Å². The first-order valence-corrected chi connectivity index (χ1v) is 5.49. The Labute approximate surface area is 80.3 Å². The summed E-state index contributed by atoms with van der Waals surface area (Å²) in [6.07, 6.45) is 2.79. The van der Waals surface area contributed by atoms with E-state index in [2.05, 4.69) is 0 Å². The third-order valence-corrected chi connectivity index (χ3v) is 4.89. The average molecular weight is 176 g/mol. The Kier molecular flexibility index (Phi) is 1.04. The third kappa shape index (κ3) is 0.747. The van der Waals surface area contributed by atoms with Gasteiger partial charge in [-0.2, -0.15) is 0 Å². The lowest BCUT2D eigenvalue weighted by Gasteiger charge is -2.59. The van der Waals surface area contributed by atoms with Crippen molar-refractivity contribution in [1.29, 1.82) is 0 Å². The maximum absolute atomic E-state index is 6.35. The highest BCUT2D eigenvalue weighted by Crippen LogP contribution is 2.58. The highest BCUT2D eigenvalue weighted by atomic mass is 16.6. The van der Waals surface area contributed by atoms with Gasteiger partial charge in [0, 0.05) is 17.8 Å². The van der Waals surface area contributed by atoms with Crippen LogP contribution in [0.1, 0.15) is 12.8 Å². The fraction of sp³-hybridized carbons (Fsp3) is 1.00. The van der Waals surface area contributed by atoms with E-state index in [9.17, 15) is 0 Å². The van der Waals surface area contributed by atoms with Crippen molar-refractivity contribution in [3.63, 3.8) is 0 Å². The summed E-state index contributed by atoms with van der Waals surface area (Å²) in [5, 5.41) is 0. The summed E-state index contributed by atoms with van der Waals surface area (Å²) in [6.45, 7) is 4.65. The number of rotatable bonds is 0. The van der Waals surface area contributed by atoms with Gasteiger partial charge >= 0.3 is 7.98 Å². The zero-order chi connectivity index (χ0) is 8.68. The zero-order valence-electron chi connectivity index (χ0n) is 7.91. The van der Waals surface area contributed by atoms with E-state index in [4.69, 9.17) is 12.7 Å². The van der Waals surface area contributed by atoms with E-state index < -0.39 is 0 Å². The molecular formula is C10H15BNO+. The molecule has 4 heterocycles. The molecule has 4 aliphatic heterocycles. The summed E-state index contributed by atoms with van der Waals surface area (Å²) in [4.78, 5) is 0. The minimum Gasteiger partial charge on any atom is -0.396 e. The molecule has 3 heteroatoms. The minimum atomic E-state index is 0.331. The van der Waals surface area contributed by atoms with Crippen molar-refractivity contribution in [2.24, 2.45) is 17.8 Å². The lowest BCUT2D eigenvalue weighted by atomic mass is 9.59. The fourth-order valence-electron chi connectivity index (χ4n) is 4.41. The predicted molar refractivity (Wildman–Crippen MR) is 49.0 cm³/mol. The van der Waals surface area contributed by atoms with Crippen LogP contribution in [0.2, 0.25) is 0 Å². The Hall–Kier alpha value is -0.0151. The number of quaternary nitrogens is 1. The van der Waals surface area contributed by atoms with Gasteiger partial charge in [0.05, 0.1) is 26.2 Å². The van der Waals surface area contributed by atoms with Gasteiger partial charge in [-0.15, -0.1) is 0 Å². The first kappa shape index (κ1) is 7.30. The number of hydrogen-bond acceptors (Lipinski definition) is 1. The van der Waals surface area contributed by atoms with Gasteiger partial charge in [0.15, 0.2) is 0 Å². The predicted octanol–water partition coefficient (Wildman–Crippen LogP) is 0.325. The normalized spacial score (nSPS) is 67.5. The SMILES string of the molecule is [B][N+]12CC3CC(C1)C1(CO1)C(C3)C2. The van der Waals surface area contributed by atoms with Crippen molar-refractivity contribution >= 4 is 7.98 Å². The maximum Gasteiger partial charge on any atom is 0.481 e. The van der Waals surface area contributed by atoms with Crippen LogP contribution in [-0.4, -0.2) is 44.2 Å².